The first-order chi connectivity index (χ1) is 10.1. The summed E-state index contributed by atoms with van der Waals surface area (Å²) in [6.07, 6.45) is -3.73. The molecule has 2 saturated heterocycles. The Bertz CT molecular complexity index is 502. The van der Waals surface area contributed by atoms with E-state index < -0.39 is 36.7 Å². The molecule has 0 radical (unpaired) electrons. The van der Waals surface area contributed by atoms with Crippen molar-refractivity contribution in [2.75, 3.05) is 6.61 Å². The lowest BCUT2D eigenvalue weighted by Gasteiger charge is -2.46. The van der Waals surface area contributed by atoms with Gasteiger partial charge in [0.25, 0.3) is 0 Å². The molecule has 1 aromatic carbocycles. The topological polar surface area (TPSA) is 85.2 Å². The molecule has 3 rings (SSSR count). The second kappa shape index (κ2) is 5.73. The van der Waals surface area contributed by atoms with E-state index in [-0.39, 0.29) is 12.5 Å². The Kier molecular flexibility index (Phi) is 3.95. The van der Waals surface area contributed by atoms with Crippen molar-refractivity contribution in [2.24, 2.45) is 5.92 Å². The van der Waals surface area contributed by atoms with E-state index in [9.17, 15) is 9.90 Å². The van der Waals surface area contributed by atoms with Gasteiger partial charge in [0.2, 0.25) is 0 Å². The number of aliphatic hydroxyl groups is 1. The second-order valence-electron chi connectivity index (χ2n) is 5.46. The number of carbonyl (C=O) groups is 1. The summed E-state index contributed by atoms with van der Waals surface area (Å²) >= 11 is 0. The highest BCUT2D eigenvalue weighted by molar-refractivity contribution is 5.73. The monoisotopic (exact) mass is 294 g/mol. The average Bonchev–Trinajstić information content (AvgIpc) is 2.51. The molecule has 6 atom stereocenters. The largest absolute Gasteiger partial charge is 0.479 e. The number of carboxylic acids is 1. The standard InChI is InChI=1S/C15H18O6/c1-8-11(16)13(14(17)18)20-10-7-19-15(21-12(8)10)9-5-3-2-4-6-9/h2-6,8,10-13,15-16H,7H2,1H3,(H,17,18)/t8?,10?,11?,12-,13-,15?/m1/s1. The smallest absolute Gasteiger partial charge is 0.335 e. The van der Waals surface area contributed by atoms with Crippen LogP contribution in [0.25, 0.3) is 0 Å². The number of aliphatic carboxylic acids is 1. The van der Waals surface area contributed by atoms with Crippen molar-refractivity contribution in [3.63, 3.8) is 0 Å². The van der Waals surface area contributed by atoms with Gasteiger partial charge < -0.3 is 24.4 Å². The van der Waals surface area contributed by atoms with E-state index in [2.05, 4.69) is 0 Å². The third-order valence-electron chi connectivity index (χ3n) is 4.06. The molecule has 6 nitrogen and oxygen atoms in total. The lowest BCUT2D eigenvalue weighted by atomic mass is 9.87. The molecule has 0 aliphatic carbocycles. The Hall–Kier alpha value is -1.47. The van der Waals surface area contributed by atoms with Crippen LogP contribution in [0.1, 0.15) is 18.8 Å². The van der Waals surface area contributed by atoms with E-state index >= 15 is 0 Å². The molecule has 6 heteroatoms. The maximum Gasteiger partial charge on any atom is 0.335 e. The molecule has 0 saturated carbocycles. The molecule has 2 aliphatic rings. The van der Waals surface area contributed by atoms with Crippen LogP contribution in [-0.4, -0.2) is 47.2 Å². The summed E-state index contributed by atoms with van der Waals surface area (Å²) in [6, 6.07) is 9.49. The molecule has 0 bridgehead atoms. The van der Waals surface area contributed by atoms with Crippen LogP contribution >= 0.6 is 0 Å². The van der Waals surface area contributed by atoms with E-state index in [0.717, 1.165) is 5.56 Å². The zero-order valence-electron chi connectivity index (χ0n) is 11.6. The van der Waals surface area contributed by atoms with Crippen molar-refractivity contribution in [1.82, 2.24) is 0 Å². The number of ether oxygens (including phenoxy) is 3. The molecular weight excluding hydrogens is 276 g/mol. The van der Waals surface area contributed by atoms with Crippen molar-refractivity contribution in [2.45, 2.75) is 37.6 Å². The van der Waals surface area contributed by atoms with Crippen molar-refractivity contribution in [3.05, 3.63) is 35.9 Å². The van der Waals surface area contributed by atoms with E-state index in [1.165, 1.54) is 0 Å². The SMILES string of the molecule is CC1C(O)[C@H](C(=O)O)OC2COC(c3ccccc3)O[C@@H]21. The summed E-state index contributed by atoms with van der Waals surface area (Å²) < 4.78 is 16.9. The first-order valence-electron chi connectivity index (χ1n) is 6.96. The van der Waals surface area contributed by atoms with Crippen LogP contribution < -0.4 is 0 Å². The van der Waals surface area contributed by atoms with Crippen LogP contribution in [0.3, 0.4) is 0 Å². The molecule has 1 aromatic rings. The molecular formula is C15H18O6. The third kappa shape index (κ3) is 2.67. The van der Waals surface area contributed by atoms with Gasteiger partial charge in [-0.05, 0) is 0 Å². The first kappa shape index (κ1) is 14.5. The molecule has 21 heavy (non-hydrogen) atoms. The van der Waals surface area contributed by atoms with Gasteiger partial charge in [0, 0.05) is 11.5 Å². The lowest BCUT2D eigenvalue weighted by Crippen LogP contribution is -2.59. The maximum absolute atomic E-state index is 11.1. The number of rotatable bonds is 2. The highest BCUT2D eigenvalue weighted by Crippen LogP contribution is 2.36. The molecule has 2 N–H and O–H groups in total. The molecule has 2 aliphatic heterocycles. The minimum Gasteiger partial charge on any atom is -0.479 e. The summed E-state index contributed by atoms with van der Waals surface area (Å²) in [6.45, 7) is 2.01. The number of hydrogen-bond donors (Lipinski definition) is 2. The van der Waals surface area contributed by atoms with Crippen LogP contribution in [0, 0.1) is 5.92 Å². The van der Waals surface area contributed by atoms with Gasteiger partial charge in [0.1, 0.15) is 6.10 Å². The Morgan fingerprint density at radius 3 is 2.62 bits per heavy atom. The third-order valence-corrected chi connectivity index (χ3v) is 4.06. The minimum atomic E-state index is -1.23. The van der Waals surface area contributed by atoms with Gasteiger partial charge in [-0.1, -0.05) is 37.3 Å². The van der Waals surface area contributed by atoms with Crippen molar-refractivity contribution in [1.29, 1.82) is 0 Å². The Labute approximate surface area is 122 Å². The molecule has 2 heterocycles. The Balaban J connectivity index is 1.76. The van der Waals surface area contributed by atoms with Crippen LogP contribution in [0.15, 0.2) is 30.3 Å². The molecule has 0 spiro atoms. The Morgan fingerprint density at radius 1 is 1.24 bits per heavy atom. The summed E-state index contributed by atoms with van der Waals surface area (Å²) in [4.78, 5) is 11.1. The van der Waals surface area contributed by atoms with Gasteiger partial charge in [-0.2, -0.15) is 0 Å². The fourth-order valence-electron chi connectivity index (χ4n) is 2.85. The van der Waals surface area contributed by atoms with E-state index in [0.29, 0.717) is 0 Å². The maximum atomic E-state index is 11.1. The summed E-state index contributed by atoms with van der Waals surface area (Å²) in [5, 5.41) is 19.2. The highest BCUT2D eigenvalue weighted by Gasteiger charge is 2.49. The van der Waals surface area contributed by atoms with Crippen LogP contribution in [-0.2, 0) is 19.0 Å². The molecule has 0 amide bonds. The lowest BCUT2D eigenvalue weighted by molar-refractivity contribution is -0.314. The normalized spacial score (nSPS) is 39.5. The highest BCUT2D eigenvalue weighted by atomic mass is 16.7. The fourth-order valence-corrected chi connectivity index (χ4v) is 2.85. The van der Waals surface area contributed by atoms with E-state index in [4.69, 9.17) is 19.3 Å². The molecule has 114 valence electrons. The van der Waals surface area contributed by atoms with E-state index in [1.54, 1.807) is 6.92 Å². The van der Waals surface area contributed by atoms with Crippen molar-refractivity contribution < 1.29 is 29.2 Å². The Morgan fingerprint density at radius 2 is 1.95 bits per heavy atom. The number of benzene rings is 1. The second-order valence-corrected chi connectivity index (χ2v) is 5.46. The van der Waals surface area contributed by atoms with Gasteiger partial charge in [0.15, 0.2) is 12.4 Å². The van der Waals surface area contributed by atoms with Crippen LogP contribution in [0.2, 0.25) is 0 Å². The van der Waals surface area contributed by atoms with Crippen LogP contribution in [0.4, 0.5) is 0 Å². The first-order valence-corrected chi connectivity index (χ1v) is 6.96. The molecule has 2 fully saturated rings. The summed E-state index contributed by atoms with van der Waals surface area (Å²) in [7, 11) is 0. The average molecular weight is 294 g/mol. The van der Waals surface area contributed by atoms with Crippen molar-refractivity contribution in [3.8, 4) is 0 Å². The van der Waals surface area contributed by atoms with Gasteiger partial charge in [-0.15, -0.1) is 0 Å². The van der Waals surface area contributed by atoms with Gasteiger partial charge in [0.05, 0.1) is 18.8 Å². The predicted octanol–water partition coefficient (Wildman–Crippen LogP) is 0.950. The number of aliphatic hydroxyl groups excluding tert-OH is 1. The summed E-state index contributed by atoms with van der Waals surface area (Å²) in [5.41, 5.74) is 0.887. The zero-order valence-corrected chi connectivity index (χ0v) is 11.6. The summed E-state index contributed by atoms with van der Waals surface area (Å²) in [5.74, 6) is -1.52. The molecule has 0 aromatic heterocycles. The number of carboxylic acid groups (broad SMARTS) is 1. The van der Waals surface area contributed by atoms with Crippen molar-refractivity contribution >= 4 is 5.97 Å². The van der Waals surface area contributed by atoms with Gasteiger partial charge in [-0.3, -0.25) is 0 Å². The minimum absolute atomic E-state index is 0.241. The van der Waals surface area contributed by atoms with Gasteiger partial charge >= 0.3 is 5.97 Å². The quantitative estimate of drug-likeness (QED) is 0.844. The zero-order chi connectivity index (χ0) is 15.0. The number of fused-ring (bicyclic) bond motifs is 1. The van der Waals surface area contributed by atoms with Crippen LogP contribution in [0.5, 0.6) is 0 Å². The fraction of sp³-hybridized carbons (Fsp3) is 0.533. The van der Waals surface area contributed by atoms with E-state index in [1.807, 2.05) is 30.3 Å². The van der Waals surface area contributed by atoms with Gasteiger partial charge in [-0.25, -0.2) is 4.79 Å². The molecule has 4 unspecified atom stereocenters. The predicted molar refractivity (Wildman–Crippen MR) is 71.5 cm³/mol. The number of hydrogen-bond acceptors (Lipinski definition) is 5.